The average molecular weight is 379 g/mol. The highest BCUT2D eigenvalue weighted by atomic mass is 16.5. The van der Waals surface area contributed by atoms with E-state index in [1.165, 1.54) is 11.0 Å². The molecule has 1 aromatic heterocycles. The zero-order valence-electron chi connectivity index (χ0n) is 16.2. The van der Waals surface area contributed by atoms with E-state index in [9.17, 15) is 14.7 Å². The summed E-state index contributed by atoms with van der Waals surface area (Å²) in [6.07, 6.45) is 0. The number of rotatable bonds is 3. The van der Waals surface area contributed by atoms with Crippen molar-refractivity contribution < 1.29 is 19.1 Å². The van der Waals surface area contributed by atoms with Crippen molar-refractivity contribution in [3.05, 3.63) is 68.6 Å². The highest BCUT2D eigenvalue weighted by molar-refractivity contribution is 5.99. The van der Waals surface area contributed by atoms with Gasteiger partial charge in [0, 0.05) is 7.05 Å². The minimum Gasteiger partial charge on any atom is -0.504 e. The van der Waals surface area contributed by atoms with Gasteiger partial charge in [0.15, 0.2) is 16.9 Å². The molecule has 144 valence electrons. The lowest BCUT2D eigenvalue weighted by Crippen LogP contribution is -2.25. The molecule has 1 aliphatic rings. The minimum atomic E-state index is -0.607. The van der Waals surface area contributed by atoms with Gasteiger partial charge in [0.1, 0.15) is 5.58 Å². The quantitative estimate of drug-likeness (QED) is 0.751. The topological polar surface area (TPSA) is 80.0 Å². The van der Waals surface area contributed by atoms with Gasteiger partial charge in [0.05, 0.1) is 23.6 Å². The Balaban J connectivity index is 1.98. The summed E-state index contributed by atoms with van der Waals surface area (Å²) in [7, 11) is 1.64. The molecule has 0 spiro atoms. The van der Waals surface area contributed by atoms with Crippen LogP contribution in [-0.2, 0) is 0 Å². The van der Waals surface area contributed by atoms with E-state index < -0.39 is 6.04 Å². The molecular formula is C22H21NO5. The summed E-state index contributed by atoms with van der Waals surface area (Å²) >= 11 is 0. The van der Waals surface area contributed by atoms with Gasteiger partial charge in [-0.3, -0.25) is 9.59 Å². The lowest BCUT2D eigenvalue weighted by atomic mass is 9.97. The monoisotopic (exact) mass is 379 g/mol. The van der Waals surface area contributed by atoms with E-state index in [-0.39, 0.29) is 22.8 Å². The first kappa shape index (κ1) is 18.1. The first-order valence-corrected chi connectivity index (χ1v) is 9.14. The molecule has 1 atom stereocenters. The number of amides is 1. The van der Waals surface area contributed by atoms with Crippen molar-refractivity contribution in [1.82, 2.24) is 4.90 Å². The molecule has 0 bridgehead atoms. The number of phenolic OH excluding ortho intramolecular Hbond substituents is 1. The molecule has 4 rings (SSSR count). The smallest absolute Gasteiger partial charge is 0.290 e. The normalized spacial score (nSPS) is 15.9. The van der Waals surface area contributed by atoms with Crippen LogP contribution in [0.2, 0.25) is 0 Å². The number of carbonyl (C=O) groups is 1. The van der Waals surface area contributed by atoms with Gasteiger partial charge in [-0.05, 0) is 61.7 Å². The highest BCUT2D eigenvalue weighted by Gasteiger charge is 2.41. The minimum absolute atomic E-state index is 0.00875. The third-order valence-electron chi connectivity index (χ3n) is 5.32. The fourth-order valence-corrected chi connectivity index (χ4v) is 3.71. The van der Waals surface area contributed by atoms with Crippen LogP contribution in [0.1, 0.15) is 45.8 Å². The van der Waals surface area contributed by atoms with Gasteiger partial charge < -0.3 is 19.2 Å². The van der Waals surface area contributed by atoms with Crippen LogP contribution in [0.15, 0.2) is 39.5 Å². The van der Waals surface area contributed by atoms with Crippen LogP contribution in [0.25, 0.3) is 11.0 Å². The van der Waals surface area contributed by atoms with Crippen molar-refractivity contribution in [2.75, 3.05) is 13.7 Å². The van der Waals surface area contributed by atoms with Gasteiger partial charge in [-0.2, -0.15) is 0 Å². The summed E-state index contributed by atoms with van der Waals surface area (Å²) in [6, 6.07) is 7.84. The van der Waals surface area contributed by atoms with Crippen LogP contribution in [0.3, 0.4) is 0 Å². The molecule has 0 aliphatic carbocycles. The number of ether oxygens (including phenoxy) is 1. The van der Waals surface area contributed by atoms with Crippen LogP contribution in [0.5, 0.6) is 11.5 Å². The van der Waals surface area contributed by atoms with E-state index in [1.54, 1.807) is 31.3 Å². The molecule has 0 fully saturated rings. The number of benzene rings is 2. The summed E-state index contributed by atoms with van der Waals surface area (Å²) in [6.45, 7) is 6.07. The molecular weight excluding hydrogens is 358 g/mol. The Labute approximate surface area is 162 Å². The fourth-order valence-electron chi connectivity index (χ4n) is 3.71. The number of hydrogen-bond donors (Lipinski definition) is 1. The Bertz CT molecular complexity index is 1180. The van der Waals surface area contributed by atoms with Gasteiger partial charge in [0.2, 0.25) is 5.76 Å². The van der Waals surface area contributed by atoms with E-state index in [4.69, 9.17) is 9.15 Å². The molecule has 28 heavy (non-hydrogen) atoms. The molecule has 0 saturated carbocycles. The van der Waals surface area contributed by atoms with Crippen molar-refractivity contribution in [3.63, 3.8) is 0 Å². The molecule has 0 radical (unpaired) electrons. The summed E-state index contributed by atoms with van der Waals surface area (Å²) in [4.78, 5) is 27.6. The maximum atomic E-state index is 13.3. The van der Waals surface area contributed by atoms with Crippen LogP contribution in [0.4, 0.5) is 0 Å². The van der Waals surface area contributed by atoms with Crippen LogP contribution in [0, 0.1) is 13.8 Å². The lowest BCUT2D eigenvalue weighted by Gasteiger charge is -2.21. The predicted molar refractivity (Wildman–Crippen MR) is 105 cm³/mol. The second-order valence-corrected chi connectivity index (χ2v) is 7.09. The number of carbonyl (C=O) groups excluding carboxylic acids is 1. The average Bonchev–Trinajstić information content (AvgIpc) is 2.91. The van der Waals surface area contributed by atoms with Gasteiger partial charge in [-0.15, -0.1) is 0 Å². The second kappa shape index (κ2) is 6.41. The Kier molecular flexibility index (Phi) is 4.14. The summed E-state index contributed by atoms with van der Waals surface area (Å²) in [5.41, 5.74) is 3.16. The SMILES string of the molecule is CCOc1cc(C2c3c(oc4cc(C)c(C)cc4c3=O)C(=O)N2C)ccc1O. The van der Waals surface area contributed by atoms with Gasteiger partial charge in [-0.25, -0.2) is 0 Å². The number of fused-ring (bicyclic) bond motifs is 2. The Morgan fingerprint density at radius 2 is 1.86 bits per heavy atom. The van der Waals surface area contributed by atoms with Gasteiger partial charge in [-0.1, -0.05) is 6.07 Å². The maximum Gasteiger partial charge on any atom is 0.290 e. The van der Waals surface area contributed by atoms with Gasteiger partial charge >= 0.3 is 0 Å². The van der Waals surface area contributed by atoms with Crippen molar-refractivity contribution in [2.45, 2.75) is 26.8 Å². The third kappa shape index (κ3) is 2.56. The number of aryl methyl sites for hydroxylation is 2. The van der Waals surface area contributed by atoms with Gasteiger partial charge in [0.25, 0.3) is 5.91 Å². The largest absolute Gasteiger partial charge is 0.504 e. The Hall–Kier alpha value is -3.28. The number of aromatic hydroxyl groups is 1. The molecule has 0 saturated heterocycles. The summed E-state index contributed by atoms with van der Waals surface area (Å²) in [5.74, 6) is 0.0444. The first-order valence-electron chi connectivity index (χ1n) is 9.14. The van der Waals surface area contributed by atoms with Crippen molar-refractivity contribution in [1.29, 1.82) is 0 Å². The van der Waals surface area contributed by atoms with E-state index in [0.717, 1.165) is 11.1 Å². The molecule has 1 amide bonds. The molecule has 3 aromatic rings. The third-order valence-corrected chi connectivity index (χ3v) is 5.32. The molecule has 1 unspecified atom stereocenters. The zero-order chi connectivity index (χ0) is 20.2. The van der Waals surface area contributed by atoms with E-state index in [1.807, 2.05) is 20.8 Å². The number of phenols is 1. The molecule has 2 heterocycles. The molecule has 2 aromatic carbocycles. The van der Waals surface area contributed by atoms with Crippen molar-refractivity contribution >= 4 is 16.9 Å². The van der Waals surface area contributed by atoms with Crippen LogP contribution >= 0.6 is 0 Å². The fraction of sp³-hybridized carbons (Fsp3) is 0.273. The maximum absolute atomic E-state index is 13.3. The molecule has 1 N–H and O–H groups in total. The Morgan fingerprint density at radius 3 is 2.57 bits per heavy atom. The predicted octanol–water partition coefficient (Wildman–Crippen LogP) is 3.69. The van der Waals surface area contributed by atoms with Crippen LogP contribution in [-0.4, -0.2) is 29.6 Å². The first-order chi connectivity index (χ1) is 13.3. The molecule has 1 aliphatic heterocycles. The number of nitrogens with zero attached hydrogens (tertiary/aromatic N) is 1. The second-order valence-electron chi connectivity index (χ2n) is 7.09. The lowest BCUT2D eigenvalue weighted by molar-refractivity contribution is 0.0771. The summed E-state index contributed by atoms with van der Waals surface area (Å²) in [5, 5.41) is 10.4. The molecule has 6 nitrogen and oxygen atoms in total. The van der Waals surface area contributed by atoms with E-state index in [2.05, 4.69) is 0 Å². The van der Waals surface area contributed by atoms with Crippen LogP contribution < -0.4 is 10.2 Å². The van der Waals surface area contributed by atoms with E-state index >= 15 is 0 Å². The molecule has 6 heteroatoms. The summed E-state index contributed by atoms with van der Waals surface area (Å²) < 4.78 is 11.3. The standard InChI is InChI=1S/C22H21NO5/c1-5-27-17-10-13(6-7-15(17)24)19-18-20(25)14-8-11(2)12(3)9-16(14)28-21(18)22(26)23(19)4/h6-10,19,24H,5H2,1-4H3. The van der Waals surface area contributed by atoms with E-state index in [0.29, 0.717) is 34.5 Å². The number of hydrogen-bond acceptors (Lipinski definition) is 5. The Morgan fingerprint density at radius 1 is 1.14 bits per heavy atom. The van der Waals surface area contributed by atoms with Crippen molar-refractivity contribution in [3.8, 4) is 11.5 Å². The zero-order valence-corrected chi connectivity index (χ0v) is 16.2. The highest BCUT2D eigenvalue weighted by Crippen LogP contribution is 2.40. The van der Waals surface area contributed by atoms with Crippen molar-refractivity contribution in [2.24, 2.45) is 0 Å².